The van der Waals surface area contributed by atoms with Crippen LogP contribution in [-0.2, 0) is 6.54 Å². The van der Waals surface area contributed by atoms with E-state index in [9.17, 15) is 0 Å². The Balaban J connectivity index is 1.94. The van der Waals surface area contributed by atoms with E-state index >= 15 is 0 Å². The third-order valence-corrected chi connectivity index (χ3v) is 4.37. The van der Waals surface area contributed by atoms with Gasteiger partial charge >= 0.3 is 0 Å². The van der Waals surface area contributed by atoms with E-state index in [4.69, 9.17) is 14.7 Å². The number of ether oxygens (including phenoxy) is 2. The minimum atomic E-state index is 0.619. The van der Waals surface area contributed by atoms with Crippen molar-refractivity contribution >= 4 is 0 Å². The van der Waals surface area contributed by atoms with Gasteiger partial charge in [-0.25, -0.2) is 0 Å². The van der Waals surface area contributed by atoms with Gasteiger partial charge in [-0.15, -0.1) is 0 Å². The van der Waals surface area contributed by atoms with Gasteiger partial charge in [-0.2, -0.15) is 5.26 Å². The van der Waals surface area contributed by atoms with E-state index in [1.807, 2.05) is 12.1 Å². The molecule has 0 N–H and O–H groups in total. The van der Waals surface area contributed by atoms with Gasteiger partial charge in [0.15, 0.2) is 0 Å². The van der Waals surface area contributed by atoms with Gasteiger partial charge in [0, 0.05) is 57.3 Å². The van der Waals surface area contributed by atoms with E-state index in [2.05, 4.69) is 35.8 Å². The summed E-state index contributed by atoms with van der Waals surface area (Å²) in [6.45, 7) is 11.6. The van der Waals surface area contributed by atoms with Gasteiger partial charge in [-0.05, 0) is 18.9 Å². The van der Waals surface area contributed by atoms with Crippen LogP contribution in [0.25, 0.3) is 0 Å². The zero-order valence-corrected chi connectivity index (χ0v) is 15.7. The number of nitriles is 1. The molecule has 1 aliphatic heterocycles. The molecule has 1 aromatic rings. The Morgan fingerprint density at radius 3 is 2.36 bits per heavy atom. The SMILES string of the molecule is CCCOc1ccc(CN2CCN(CCC#N)CC2)c(OCCC)c1. The second-order valence-corrected chi connectivity index (χ2v) is 6.49. The first-order valence-corrected chi connectivity index (χ1v) is 9.47. The summed E-state index contributed by atoms with van der Waals surface area (Å²) in [7, 11) is 0. The summed E-state index contributed by atoms with van der Waals surface area (Å²) >= 11 is 0. The molecular weight excluding hydrogens is 314 g/mol. The van der Waals surface area contributed by atoms with Crippen molar-refractivity contribution in [3.8, 4) is 17.6 Å². The molecule has 0 saturated carbocycles. The van der Waals surface area contributed by atoms with Gasteiger partial charge in [0.25, 0.3) is 0 Å². The van der Waals surface area contributed by atoms with Gasteiger partial charge in [0.1, 0.15) is 11.5 Å². The zero-order valence-electron chi connectivity index (χ0n) is 15.7. The Morgan fingerprint density at radius 1 is 1.00 bits per heavy atom. The second-order valence-electron chi connectivity index (χ2n) is 6.49. The lowest BCUT2D eigenvalue weighted by Gasteiger charge is -2.34. The van der Waals surface area contributed by atoms with Gasteiger partial charge in [0.05, 0.1) is 19.3 Å². The van der Waals surface area contributed by atoms with Gasteiger partial charge in [-0.3, -0.25) is 9.80 Å². The maximum atomic E-state index is 8.71. The molecule has 0 radical (unpaired) electrons. The summed E-state index contributed by atoms with van der Waals surface area (Å²) in [6.07, 6.45) is 2.62. The average Bonchev–Trinajstić information content (AvgIpc) is 2.65. The molecule has 138 valence electrons. The van der Waals surface area contributed by atoms with Crippen LogP contribution in [0.3, 0.4) is 0 Å². The molecule has 0 unspecified atom stereocenters. The van der Waals surface area contributed by atoms with Crippen molar-refractivity contribution in [3.63, 3.8) is 0 Å². The van der Waals surface area contributed by atoms with Crippen molar-refractivity contribution in [2.75, 3.05) is 45.9 Å². The normalized spacial score (nSPS) is 15.7. The Labute approximate surface area is 152 Å². The quantitative estimate of drug-likeness (QED) is 0.651. The molecule has 1 aromatic carbocycles. The van der Waals surface area contributed by atoms with Crippen LogP contribution < -0.4 is 9.47 Å². The molecule has 0 atom stereocenters. The molecule has 0 aromatic heterocycles. The molecule has 5 heteroatoms. The lowest BCUT2D eigenvalue weighted by Crippen LogP contribution is -2.46. The number of piperazine rings is 1. The Bertz CT molecular complexity index is 548. The highest BCUT2D eigenvalue weighted by atomic mass is 16.5. The lowest BCUT2D eigenvalue weighted by molar-refractivity contribution is 0.128. The molecule has 2 rings (SSSR count). The third kappa shape index (κ3) is 6.56. The summed E-state index contributed by atoms with van der Waals surface area (Å²) in [5.74, 6) is 1.83. The number of hydrogen-bond acceptors (Lipinski definition) is 5. The third-order valence-electron chi connectivity index (χ3n) is 4.37. The van der Waals surface area contributed by atoms with Crippen LogP contribution in [0.2, 0.25) is 0 Å². The molecule has 25 heavy (non-hydrogen) atoms. The monoisotopic (exact) mass is 345 g/mol. The van der Waals surface area contributed by atoms with E-state index in [1.54, 1.807) is 0 Å². The fourth-order valence-electron chi connectivity index (χ4n) is 2.94. The lowest BCUT2D eigenvalue weighted by atomic mass is 10.1. The van der Waals surface area contributed by atoms with Gasteiger partial charge in [-0.1, -0.05) is 19.9 Å². The van der Waals surface area contributed by atoms with E-state index in [-0.39, 0.29) is 0 Å². The summed E-state index contributed by atoms with van der Waals surface area (Å²) in [5.41, 5.74) is 1.22. The Kier molecular flexibility index (Phi) is 8.58. The van der Waals surface area contributed by atoms with Crippen molar-refractivity contribution in [1.82, 2.24) is 9.80 Å². The molecule has 0 spiro atoms. The Hall–Kier alpha value is -1.77. The molecule has 1 saturated heterocycles. The van der Waals surface area contributed by atoms with E-state index < -0.39 is 0 Å². The topological polar surface area (TPSA) is 48.7 Å². The van der Waals surface area contributed by atoms with Crippen molar-refractivity contribution in [2.24, 2.45) is 0 Å². The summed E-state index contributed by atoms with van der Waals surface area (Å²) in [4.78, 5) is 4.83. The van der Waals surface area contributed by atoms with Crippen molar-refractivity contribution < 1.29 is 9.47 Å². The highest BCUT2D eigenvalue weighted by molar-refractivity contribution is 5.40. The maximum Gasteiger partial charge on any atom is 0.127 e. The largest absolute Gasteiger partial charge is 0.493 e. The molecule has 1 aliphatic rings. The molecule has 0 amide bonds. The van der Waals surface area contributed by atoms with Gasteiger partial charge in [0.2, 0.25) is 0 Å². The number of rotatable bonds is 10. The maximum absolute atomic E-state index is 8.71. The van der Waals surface area contributed by atoms with Crippen LogP contribution in [0.15, 0.2) is 18.2 Å². The van der Waals surface area contributed by atoms with E-state index in [1.165, 1.54) is 5.56 Å². The predicted octanol–water partition coefficient (Wildman–Crippen LogP) is 3.30. The van der Waals surface area contributed by atoms with Crippen LogP contribution in [0.1, 0.15) is 38.7 Å². The first kappa shape index (κ1) is 19.6. The average molecular weight is 345 g/mol. The minimum absolute atomic E-state index is 0.619. The fourth-order valence-corrected chi connectivity index (χ4v) is 2.94. The smallest absolute Gasteiger partial charge is 0.127 e. The standard InChI is InChI=1S/C20H31N3O2/c1-3-14-24-19-7-6-18(20(16-19)25-15-4-2)17-23-12-10-22(11-13-23)9-5-8-21/h6-7,16H,3-5,9-15,17H2,1-2H3. The van der Waals surface area contributed by atoms with Crippen LogP contribution in [0, 0.1) is 11.3 Å². The van der Waals surface area contributed by atoms with Crippen LogP contribution in [0.5, 0.6) is 11.5 Å². The van der Waals surface area contributed by atoms with Crippen molar-refractivity contribution in [2.45, 2.75) is 39.7 Å². The molecule has 0 aliphatic carbocycles. The van der Waals surface area contributed by atoms with Crippen LogP contribution >= 0.6 is 0 Å². The highest BCUT2D eigenvalue weighted by Gasteiger charge is 2.18. The molecule has 1 heterocycles. The highest BCUT2D eigenvalue weighted by Crippen LogP contribution is 2.27. The number of benzene rings is 1. The van der Waals surface area contributed by atoms with Crippen molar-refractivity contribution in [1.29, 1.82) is 5.26 Å². The molecule has 5 nitrogen and oxygen atoms in total. The van der Waals surface area contributed by atoms with E-state index in [0.29, 0.717) is 6.42 Å². The summed E-state index contributed by atoms with van der Waals surface area (Å²) < 4.78 is 11.7. The minimum Gasteiger partial charge on any atom is -0.493 e. The molecule has 0 bridgehead atoms. The second kappa shape index (κ2) is 11.0. The first-order chi connectivity index (χ1) is 12.3. The summed E-state index contributed by atoms with van der Waals surface area (Å²) in [6, 6.07) is 8.45. The first-order valence-electron chi connectivity index (χ1n) is 9.47. The van der Waals surface area contributed by atoms with Gasteiger partial charge < -0.3 is 9.47 Å². The summed E-state index contributed by atoms with van der Waals surface area (Å²) in [5, 5.41) is 8.71. The molecule has 1 fully saturated rings. The number of nitrogens with zero attached hydrogens (tertiary/aromatic N) is 3. The van der Waals surface area contributed by atoms with Crippen LogP contribution in [-0.4, -0.2) is 55.7 Å². The van der Waals surface area contributed by atoms with E-state index in [0.717, 1.165) is 76.8 Å². The number of hydrogen-bond donors (Lipinski definition) is 0. The Morgan fingerprint density at radius 2 is 1.68 bits per heavy atom. The fraction of sp³-hybridized carbons (Fsp3) is 0.650. The van der Waals surface area contributed by atoms with Crippen molar-refractivity contribution in [3.05, 3.63) is 23.8 Å². The predicted molar refractivity (Wildman–Crippen MR) is 100.0 cm³/mol. The van der Waals surface area contributed by atoms with Crippen LogP contribution in [0.4, 0.5) is 0 Å². The zero-order chi connectivity index (χ0) is 17.9. The molecular formula is C20H31N3O2.